The minimum absolute atomic E-state index is 0.000498. The molecule has 4 heteroatoms. The van der Waals surface area contributed by atoms with Crippen molar-refractivity contribution in [1.82, 2.24) is 5.32 Å². The van der Waals surface area contributed by atoms with Gasteiger partial charge in [-0.2, -0.15) is 0 Å². The summed E-state index contributed by atoms with van der Waals surface area (Å²) in [5.74, 6) is 1.33. The van der Waals surface area contributed by atoms with Crippen LogP contribution in [0.4, 0.5) is 0 Å². The number of rotatable bonds is 6. The van der Waals surface area contributed by atoms with E-state index < -0.39 is 0 Å². The van der Waals surface area contributed by atoms with E-state index in [0.717, 1.165) is 11.1 Å². The molecule has 0 radical (unpaired) electrons. The summed E-state index contributed by atoms with van der Waals surface area (Å²) in [4.78, 5) is 12.3. The van der Waals surface area contributed by atoms with E-state index in [1.807, 2.05) is 31.2 Å². The van der Waals surface area contributed by atoms with E-state index in [9.17, 15) is 4.79 Å². The van der Waals surface area contributed by atoms with E-state index in [1.165, 1.54) is 11.1 Å². The molecule has 24 heavy (non-hydrogen) atoms. The average molecular weight is 327 g/mol. The molecule has 1 amide bonds. The van der Waals surface area contributed by atoms with Crippen LogP contribution in [-0.4, -0.2) is 20.1 Å². The summed E-state index contributed by atoms with van der Waals surface area (Å²) in [5, 5.41) is 3.03. The van der Waals surface area contributed by atoms with Crippen LogP contribution >= 0.6 is 0 Å². The number of hydrogen-bond donors (Lipinski definition) is 1. The standard InChI is InChI=1S/C20H25NO3/c1-13-6-7-16(10-14(13)2)11-20(22)21-15(3)17-8-9-18(23-4)19(12-17)24-5/h6-10,12,15H,11H2,1-5H3,(H,21,22)/t15-/m0/s1. The molecule has 0 bridgehead atoms. The second-order valence-electron chi connectivity index (χ2n) is 6.00. The van der Waals surface area contributed by atoms with Crippen LogP contribution < -0.4 is 14.8 Å². The van der Waals surface area contributed by atoms with E-state index >= 15 is 0 Å². The van der Waals surface area contributed by atoms with Crippen LogP contribution in [-0.2, 0) is 11.2 Å². The van der Waals surface area contributed by atoms with E-state index in [4.69, 9.17) is 9.47 Å². The molecule has 2 aromatic carbocycles. The van der Waals surface area contributed by atoms with Gasteiger partial charge in [0.2, 0.25) is 5.91 Å². The maximum absolute atomic E-state index is 12.3. The normalized spacial score (nSPS) is 11.7. The van der Waals surface area contributed by atoms with Crippen molar-refractivity contribution in [3.63, 3.8) is 0 Å². The van der Waals surface area contributed by atoms with Crippen LogP contribution in [0.15, 0.2) is 36.4 Å². The Bertz CT molecular complexity index is 725. The van der Waals surface area contributed by atoms with Crippen LogP contribution in [0.3, 0.4) is 0 Å². The maximum Gasteiger partial charge on any atom is 0.224 e. The number of methoxy groups -OCH3 is 2. The van der Waals surface area contributed by atoms with Gasteiger partial charge in [-0.15, -0.1) is 0 Å². The Labute approximate surface area is 143 Å². The van der Waals surface area contributed by atoms with Crippen molar-refractivity contribution in [1.29, 1.82) is 0 Å². The molecule has 0 spiro atoms. The van der Waals surface area contributed by atoms with Crippen molar-refractivity contribution in [3.8, 4) is 11.5 Å². The van der Waals surface area contributed by atoms with Crippen molar-refractivity contribution < 1.29 is 14.3 Å². The zero-order chi connectivity index (χ0) is 17.7. The first-order valence-electron chi connectivity index (χ1n) is 8.02. The van der Waals surface area contributed by atoms with E-state index in [-0.39, 0.29) is 11.9 Å². The lowest BCUT2D eigenvalue weighted by atomic mass is 10.0. The van der Waals surface area contributed by atoms with Crippen molar-refractivity contribution in [2.24, 2.45) is 0 Å². The highest BCUT2D eigenvalue weighted by Gasteiger charge is 2.13. The first kappa shape index (κ1) is 17.9. The number of carbonyl (C=O) groups is 1. The summed E-state index contributed by atoms with van der Waals surface area (Å²) in [6.45, 7) is 6.08. The largest absolute Gasteiger partial charge is 0.493 e. The van der Waals surface area contributed by atoms with Crippen molar-refractivity contribution in [3.05, 3.63) is 58.7 Å². The summed E-state index contributed by atoms with van der Waals surface area (Å²) in [5.41, 5.74) is 4.43. The molecular formula is C20H25NO3. The minimum Gasteiger partial charge on any atom is -0.493 e. The molecule has 0 saturated heterocycles. The van der Waals surface area contributed by atoms with E-state index in [1.54, 1.807) is 14.2 Å². The minimum atomic E-state index is -0.108. The topological polar surface area (TPSA) is 47.6 Å². The number of nitrogens with one attached hydrogen (secondary N) is 1. The predicted octanol–water partition coefficient (Wildman–Crippen LogP) is 3.74. The monoisotopic (exact) mass is 327 g/mol. The number of ether oxygens (including phenoxy) is 2. The number of benzene rings is 2. The Hall–Kier alpha value is -2.49. The van der Waals surface area contributed by atoms with Crippen LogP contribution in [0.25, 0.3) is 0 Å². The Morgan fingerprint density at radius 2 is 1.71 bits per heavy atom. The van der Waals surface area contributed by atoms with Gasteiger partial charge in [-0.3, -0.25) is 4.79 Å². The fourth-order valence-electron chi connectivity index (χ4n) is 2.60. The number of carbonyl (C=O) groups excluding carboxylic acids is 1. The van der Waals surface area contributed by atoms with Crippen LogP contribution in [0.1, 0.15) is 35.2 Å². The van der Waals surface area contributed by atoms with Crippen molar-refractivity contribution in [2.75, 3.05) is 14.2 Å². The molecule has 1 atom stereocenters. The summed E-state index contributed by atoms with van der Waals surface area (Å²) in [6.07, 6.45) is 0.374. The van der Waals surface area contributed by atoms with Gasteiger partial charge in [0.25, 0.3) is 0 Å². The second kappa shape index (κ2) is 7.86. The third kappa shape index (κ3) is 4.28. The second-order valence-corrected chi connectivity index (χ2v) is 6.00. The molecule has 0 aliphatic carbocycles. The smallest absolute Gasteiger partial charge is 0.224 e. The zero-order valence-electron chi connectivity index (χ0n) is 15.0. The summed E-state index contributed by atoms with van der Waals surface area (Å²) in [6, 6.07) is 11.7. The summed E-state index contributed by atoms with van der Waals surface area (Å²) in [7, 11) is 3.21. The first-order valence-corrected chi connectivity index (χ1v) is 8.02. The molecule has 0 aromatic heterocycles. The lowest BCUT2D eigenvalue weighted by Gasteiger charge is -2.17. The molecule has 0 heterocycles. The maximum atomic E-state index is 12.3. The Morgan fingerprint density at radius 1 is 1.00 bits per heavy atom. The van der Waals surface area contributed by atoms with Gasteiger partial charge < -0.3 is 14.8 Å². The van der Waals surface area contributed by atoms with Crippen LogP contribution in [0.2, 0.25) is 0 Å². The van der Waals surface area contributed by atoms with Gasteiger partial charge in [-0.25, -0.2) is 0 Å². The van der Waals surface area contributed by atoms with Gasteiger partial charge in [0.05, 0.1) is 26.7 Å². The number of aryl methyl sites for hydroxylation is 2. The van der Waals surface area contributed by atoms with Gasteiger partial charge in [0, 0.05) is 0 Å². The third-order valence-electron chi connectivity index (χ3n) is 4.22. The number of amides is 1. The van der Waals surface area contributed by atoms with Gasteiger partial charge in [-0.1, -0.05) is 24.3 Å². The van der Waals surface area contributed by atoms with Gasteiger partial charge in [-0.05, 0) is 55.2 Å². The molecule has 0 fully saturated rings. The van der Waals surface area contributed by atoms with Crippen LogP contribution in [0, 0.1) is 13.8 Å². The lowest BCUT2D eigenvalue weighted by molar-refractivity contribution is -0.121. The Balaban J connectivity index is 2.04. The first-order chi connectivity index (χ1) is 11.4. The van der Waals surface area contributed by atoms with Crippen LogP contribution in [0.5, 0.6) is 11.5 Å². The summed E-state index contributed by atoms with van der Waals surface area (Å²) < 4.78 is 10.6. The molecule has 2 rings (SSSR count). The molecule has 128 valence electrons. The Morgan fingerprint density at radius 3 is 2.33 bits per heavy atom. The molecule has 0 aliphatic rings. The Kier molecular flexibility index (Phi) is 5.85. The SMILES string of the molecule is COc1ccc([C@H](C)NC(=O)Cc2ccc(C)c(C)c2)cc1OC. The van der Waals surface area contributed by atoms with E-state index in [2.05, 4.69) is 31.3 Å². The molecule has 0 aliphatic heterocycles. The molecule has 2 aromatic rings. The van der Waals surface area contributed by atoms with Crippen molar-refractivity contribution in [2.45, 2.75) is 33.2 Å². The van der Waals surface area contributed by atoms with Crippen molar-refractivity contribution >= 4 is 5.91 Å². The highest BCUT2D eigenvalue weighted by atomic mass is 16.5. The third-order valence-corrected chi connectivity index (χ3v) is 4.22. The average Bonchev–Trinajstić information content (AvgIpc) is 2.57. The molecule has 0 saturated carbocycles. The fourth-order valence-corrected chi connectivity index (χ4v) is 2.60. The van der Waals surface area contributed by atoms with Gasteiger partial charge in [0.15, 0.2) is 11.5 Å². The quantitative estimate of drug-likeness (QED) is 0.879. The lowest BCUT2D eigenvalue weighted by Crippen LogP contribution is -2.28. The zero-order valence-corrected chi connectivity index (χ0v) is 15.0. The molecule has 1 N–H and O–H groups in total. The van der Waals surface area contributed by atoms with Gasteiger partial charge >= 0.3 is 0 Å². The predicted molar refractivity (Wildman–Crippen MR) is 95.7 cm³/mol. The fraction of sp³-hybridized carbons (Fsp3) is 0.350. The van der Waals surface area contributed by atoms with E-state index in [0.29, 0.717) is 17.9 Å². The highest BCUT2D eigenvalue weighted by Crippen LogP contribution is 2.29. The van der Waals surface area contributed by atoms with Gasteiger partial charge in [0.1, 0.15) is 0 Å². The number of hydrogen-bond acceptors (Lipinski definition) is 3. The molecular weight excluding hydrogens is 302 g/mol. The molecule has 0 unspecified atom stereocenters. The molecule has 4 nitrogen and oxygen atoms in total. The summed E-state index contributed by atoms with van der Waals surface area (Å²) >= 11 is 0. The highest BCUT2D eigenvalue weighted by molar-refractivity contribution is 5.79.